The molecule has 6 heteroatoms. The number of nitrogens with one attached hydrogen (secondary N) is 2. The first-order chi connectivity index (χ1) is 12.0. The molecule has 1 saturated heterocycles. The largest absolute Gasteiger partial charge is 0.368 e. The van der Waals surface area contributed by atoms with Gasteiger partial charge in [-0.15, -0.1) is 0 Å². The lowest BCUT2D eigenvalue weighted by Crippen LogP contribution is -2.54. The normalized spacial score (nSPS) is 18.4. The minimum atomic E-state index is -0.742. The summed E-state index contributed by atoms with van der Waals surface area (Å²) < 4.78 is 7.83. The first kappa shape index (κ1) is 17.9. The summed E-state index contributed by atoms with van der Waals surface area (Å²) in [6.45, 7) is 7.84. The van der Waals surface area contributed by atoms with E-state index in [1.807, 2.05) is 25.1 Å². The van der Waals surface area contributed by atoms with Crippen LogP contribution in [0.25, 0.3) is 11.0 Å². The first-order valence-electron chi connectivity index (χ1n) is 9.02. The number of ether oxygens (including phenoxy) is 1. The van der Waals surface area contributed by atoms with Crippen molar-refractivity contribution in [3.63, 3.8) is 0 Å². The number of aromatic nitrogens is 2. The van der Waals surface area contributed by atoms with Gasteiger partial charge in [0.1, 0.15) is 11.4 Å². The van der Waals surface area contributed by atoms with E-state index in [9.17, 15) is 4.79 Å². The Hall–Kier alpha value is -1.92. The van der Waals surface area contributed by atoms with Crippen LogP contribution in [0.5, 0.6) is 0 Å². The number of carbonyl (C=O) groups is 1. The number of carbonyl (C=O) groups excluding carboxylic acids is 1. The molecule has 25 heavy (non-hydrogen) atoms. The highest BCUT2D eigenvalue weighted by atomic mass is 16.5. The van der Waals surface area contributed by atoms with E-state index >= 15 is 0 Å². The number of amides is 1. The Morgan fingerprint density at radius 1 is 1.28 bits per heavy atom. The number of hydrogen-bond acceptors (Lipinski definition) is 4. The minimum absolute atomic E-state index is 0.0497. The van der Waals surface area contributed by atoms with Crippen LogP contribution in [0.2, 0.25) is 0 Å². The maximum atomic E-state index is 12.9. The summed E-state index contributed by atoms with van der Waals surface area (Å²) in [6.07, 6.45) is 1.37. The smallest absolute Gasteiger partial charge is 0.252 e. The number of rotatable bonds is 5. The Labute approximate surface area is 149 Å². The van der Waals surface area contributed by atoms with Crippen molar-refractivity contribution in [1.29, 1.82) is 0 Å². The summed E-state index contributed by atoms with van der Waals surface area (Å²) in [5.74, 6) is 0.830. The third-order valence-electron chi connectivity index (χ3n) is 5.09. The zero-order valence-electron chi connectivity index (χ0n) is 15.5. The fourth-order valence-corrected chi connectivity index (χ4v) is 3.66. The maximum Gasteiger partial charge on any atom is 0.252 e. The van der Waals surface area contributed by atoms with Crippen molar-refractivity contribution >= 4 is 16.9 Å². The van der Waals surface area contributed by atoms with Gasteiger partial charge in [-0.1, -0.05) is 12.1 Å². The van der Waals surface area contributed by atoms with E-state index in [2.05, 4.69) is 35.1 Å². The van der Waals surface area contributed by atoms with Crippen molar-refractivity contribution in [2.75, 3.05) is 20.2 Å². The Morgan fingerprint density at radius 2 is 1.96 bits per heavy atom. The molecule has 1 unspecified atom stereocenters. The van der Waals surface area contributed by atoms with E-state index in [0.29, 0.717) is 12.8 Å². The molecule has 0 bridgehead atoms. The molecule has 2 aromatic rings. The average molecular weight is 344 g/mol. The zero-order chi connectivity index (χ0) is 18.0. The molecule has 1 atom stereocenters. The molecule has 136 valence electrons. The second-order valence-corrected chi connectivity index (χ2v) is 7.07. The maximum absolute atomic E-state index is 12.9. The summed E-state index contributed by atoms with van der Waals surface area (Å²) in [5.41, 5.74) is 1.31. The molecule has 2 heterocycles. The molecule has 1 aromatic heterocycles. The van der Waals surface area contributed by atoms with Crippen molar-refractivity contribution in [3.8, 4) is 0 Å². The number of piperidine rings is 1. The molecule has 1 aliphatic heterocycles. The summed E-state index contributed by atoms with van der Waals surface area (Å²) >= 11 is 0. The second-order valence-electron chi connectivity index (χ2n) is 7.07. The van der Waals surface area contributed by atoms with Crippen LogP contribution < -0.4 is 10.6 Å². The van der Waals surface area contributed by atoms with E-state index in [-0.39, 0.29) is 18.0 Å². The number of hydrogen-bond donors (Lipinski definition) is 2. The third-order valence-corrected chi connectivity index (χ3v) is 5.09. The molecular weight excluding hydrogens is 316 g/mol. The number of fused-ring (bicyclic) bond motifs is 1. The van der Waals surface area contributed by atoms with E-state index < -0.39 is 5.60 Å². The van der Waals surface area contributed by atoms with Crippen LogP contribution in [0.4, 0.5) is 0 Å². The fraction of sp³-hybridized carbons (Fsp3) is 0.579. The van der Waals surface area contributed by atoms with Gasteiger partial charge in [-0.05, 0) is 58.8 Å². The molecular formula is C19H28N4O2. The summed E-state index contributed by atoms with van der Waals surface area (Å²) in [6, 6.07) is 8.16. The van der Waals surface area contributed by atoms with Gasteiger partial charge in [-0.25, -0.2) is 4.98 Å². The second kappa shape index (κ2) is 7.14. The molecule has 1 aliphatic rings. The minimum Gasteiger partial charge on any atom is -0.368 e. The van der Waals surface area contributed by atoms with Crippen LogP contribution in [-0.4, -0.2) is 41.3 Å². The van der Waals surface area contributed by atoms with Crippen LogP contribution in [0.3, 0.4) is 0 Å². The summed E-state index contributed by atoms with van der Waals surface area (Å²) in [4.78, 5) is 17.7. The lowest BCUT2D eigenvalue weighted by atomic mass is 9.91. The molecule has 1 aromatic carbocycles. The molecule has 0 spiro atoms. The topological polar surface area (TPSA) is 68.2 Å². The average Bonchev–Trinajstić information content (AvgIpc) is 3.02. The molecule has 1 fully saturated rings. The van der Waals surface area contributed by atoms with E-state index in [1.54, 1.807) is 7.11 Å². The number of imidazole rings is 1. The van der Waals surface area contributed by atoms with Gasteiger partial charge < -0.3 is 19.9 Å². The molecule has 3 rings (SSSR count). The summed E-state index contributed by atoms with van der Waals surface area (Å²) in [5, 5.41) is 6.42. The molecule has 2 N–H and O–H groups in total. The van der Waals surface area contributed by atoms with E-state index in [4.69, 9.17) is 9.72 Å². The number of nitrogens with zero attached hydrogens (tertiary/aromatic N) is 2. The molecule has 6 nitrogen and oxygen atoms in total. The van der Waals surface area contributed by atoms with Gasteiger partial charge in [0, 0.05) is 13.2 Å². The SMILES string of the molecule is COC1(C(=O)NC(C)c2nc3ccccc3n2C(C)C)CCNCC1. The Bertz CT molecular complexity index is 747. The van der Waals surface area contributed by atoms with E-state index in [0.717, 1.165) is 29.9 Å². The van der Waals surface area contributed by atoms with Crippen LogP contribution >= 0.6 is 0 Å². The fourth-order valence-electron chi connectivity index (χ4n) is 3.66. The van der Waals surface area contributed by atoms with Crippen LogP contribution in [-0.2, 0) is 9.53 Å². The third kappa shape index (κ3) is 3.28. The van der Waals surface area contributed by atoms with Crippen molar-refractivity contribution in [3.05, 3.63) is 30.1 Å². The van der Waals surface area contributed by atoms with Crippen molar-refractivity contribution in [1.82, 2.24) is 20.2 Å². The van der Waals surface area contributed by atoms with Crippen molar-refractivity contribution in [2.24, 2.45) is 0 Å². The number of para-hydroxylation sites is 2. The van der Waals surface area contributed by atoms with Crippen LogP contribution in [0.1, 0.15) is 51.5 Å². The van der Waals surface area contributed by atoms with Crippen molar-refractivity contribution in [2.45, 2.75) is 51.3 Å². The van der Waals surface area contributed by atoms with E-state index in [1.165, 1.54) is 0 Å². The number of benzene rings is 1. The molecule has 0 aliphatic carbocycles. The van der Waals surface area contributed by atoms with Crippen molar-refractivity contribution < 1.29 is 9.53 Å². The predicted molar refractivity (Wildman–Crippen MR) is 98.5 cm³/mol. The highest BCUT2D eigenvalue weighted by Crippen LogP contribution is 2.27. The lowest BCUT2D eigenvalue weighted by molar-refractivity contribution is -0.147. The monoisotopic (exact) mass is 344 g/mol. The standard InChI is InChI=1S/C19H28N4O2/c1-13(2)23-16-8-6-5-7-15(16)22-17(23)14(3)21-18(24)19(25-4)9-11-20-12-10-19/h5-8,13-14,20H,9-12H2,1-4H3,(H,21,24). The Kier molecular flexibility index (Phi) is 5.11. The zero-order valence-corrected chi connectivity index (χ0v) is 15.5. The first-order valence-corrected chi connectivity index (χ1v) is 9.02. The van der Waals surface area contributed by atoms with Crippen LogP contribution in [0.15, 0.2) is 24.3 Å². The molecule has 0 radical (unpaired) electrons. The number of methoxy groups -OCH3 is 1. The highest BCUT2D eigenvalue weighted by Gasteiger charge is 2.40. The molecule has 1 amide bonds. The quantitative estimate of drug-likeness (QED) is 0.875. The van der Waals surface area contributed by atoms with Crippen LogP contribution in [0, 0.1) is 0 Å². The van der Waals surface area contributed by atoms with Gasteiger partial charge in [-0.2, -0.15) is 0 Å². The Balaban J connectivity index is 1.88. The van der Waals surface area contributed by atoms with Gasteiger partial charge in [0.15, 0.2) is 0 Å². The predicted octanol–water partition coefficient (Wildman–Crippen LogP) is 2.56. The Morgan fingerprint density at radius 3 is 2.60 bits per heavy atom. The molecule has 0 saturated carbocycles. The van der Waals surface area contributed by atoms with Gasteiger partial charge in [0.25, 0.3) is 5.91 Å². The lowest BCUT2D eigenvalue weighted by Gasteiger charge is -2.35. The van der Waals surface area contributed by atoms with Gasteiger partial charge in [0.2, 0.25) is 0 Å². The van der Waals surface area contributed by atoms with Gasteiger partial charge in [-0.3, -0.25) is 4.79 Å². The highest BCUT2D eigenvalue weighted by molar-refractivity contribution is 5.86. The van der Waals surface area contributed by atoms with Gasteiger partial charge >= 0.3 is 0 Å². The summed E-state index contributed by atoms with van der Waals surface area (Å²) in [7, 11) is 1.62. The van der Waals surface area contributed by atoms with Gasteiger partial charge in [0.05, 0.1) is 17.1 Å².